The Kier molecular flexibility index (Phi) is 29.5. The van der Waals surface area contributed by atoms with Crippen molar-refractivity contribution in [2.24, 2.45) is 5.73 Å². The van der Waals surface area contributed by atoms with E-state index in [-0.39, 0.29) is 32.8 Å². The van der Waals surface area contributed by atoms with Crippen molar-refractivity contribution in [3.05, 3.63) is 0 Å². The summed E-state index contributed by atoms with van der Waals surface area (Å²) in [5.41, 5.74) is 5.29. The Bertz CT molecular complexity index is 596. The molecule has 40 heavy (non-hydrogen) atoms. The average molecular weight is 596 g/mol. The van der Waals surface area contributed by atoms with Crippen LogP contribution in [0.25, 0.3) is 0 Å². The molecule has 9 nitrogen and oxygen atoms in total. The second kappa shape index (κ2) is 29.9. The first-order chi connectivity index (χ1) is 19.4. The van der Waals surface area contributed by atoms with Crippen molar-refractivity contribution in [1.29, 1.82) is 0 Å². The van der Waals surface area contributed by atoms with E-state index in [1.807, 2.05) is 0 Å². The lowest BCUT2D eigenvalue weighted by atomic mass is 10.0. The van der Waals surface area contributed by atoms with Crippen LogP contribution in [0.4, 0.5) is 0 Å². The molecule has 4 N–H and O–H groups in total. The van der Waals surface area contributed by atoms with Gasteiger partial charge in [-0.15, -0.1) is 0 Å². The molecule has 0 fully saturated rings. The number of carboxylic acids is 1. The molecular weight excluding hydrogens is 533 g/mol. The molecular formula is C30H62NO8P. The van der Waals surface area contributed by atoms with E-state index in [1.54, 1.807) is 0 Å². The van der Waals surface area contributed by atoms with Gasteiger partial charge in [-0.25, -0.2) is 4.57 Å². The van der Waals surface area contributed by atoms with E-state index in [2.05, 4.69) is 6.92 Å². The summed E-state index contributed by atoms with van der Waals surface area (Å²) in [5, 5.41) is 8.74. The van der Waals surface area contributed by atoms with Crippen molar-refractivity contribution >= 4 is 13.8 Å². The van der Waals surface area contributed by atoms with Crippen LogP contribution in [0.5, 0.6) is 0 Å². The van der Waals surface area contributed by atoms with E-state index >= 15 is 0 Å². The number of rotatable bonds is 33. The molecule has 2 unspecified atom stereocenters. The molecule has 0 aliphatic heterocycles. The number of carboxylic acid groups (broad SMARTS) is 1. The fourth-order valence-corrected chi connectivity index (χ4v) is 5.24. The minimum Gasteiger partial charge on any atom is -0.481 e. The van der Waals surface area contributed by atoms with Crippen LogP contribution in [0.2, 0.25) is 0 Å². The number of carbonyl (C=O) groups is 1. The number of unbranched alkanes of at least 4 members (excludes halogenated alkanes) is 18. The molecule has 0 rings (SSSR count). The monoisotopic (exact) mass is 595 g/mol. The number of ether oxygens (including phenoxy) is 2. The summed E-state index contributed by atoms with van der Waals surface area (Å²) >= 11 is 0. The van der Waals surface area contributed by atoms with Gasteiger partial charge in [0.15, 0.2) is 0 Å². The van der Waals surface area contributed by atoms with Gasteiger partial charge in [0.05, 0.1) is 19.8 Å². The summed E-state index contributed by atoms with van der Waals surface area (Å²) in [6, 6.07) is 0. The summed E-state index contributed by atoms with van der Waals surface area (Å²) in [6.07, 6.45) is 24.6. The summed E-state index contributed by atoms with van der Waals surface area (Å²) < 4.78 is 33.1. The van der Waals surface area contributed by atoms with Crippen LogP contribution in [0.3, 0.4) is 0 Å². The lowest BCUT2D eigenvalue weighted by Crippen LogP contribution is -2.26. The fourth-order valence-electron chi connectivity index (χ4n) is 4.48. The first-order valence-corrected chi connectivity index (χ1v) is 17.6. The number of nitrogens with two attached hydrogens (primary N) is 1. The molecule has 240 valence electrons. The smallest absolute Gasteiger partial charge is 0.472 e. The number of hydrogen-bond acceptors (Lipinski definition) is 7. The fraction of sp³-hybridized carbons (Fsp3) is 0.967. The third kappa shape index (κ3) is 30.4. The Hall–Kier alpha value is -0.540. The van der Waals surface area contributed by atoms with Gasteiger partial charge in [0.2, 0.25) is 0 Å². The first-order valence-electron chi connectivity index (χ1n) is 16.1. The molecule has 0 saturated heterocycles. The maximum absolute atomic E-state index is 11.9. The van der Waals surface area contributed by atoms with Gasteiger partial charge in [-0.05, 0) is 19.3 Å². The van der Waals surface area contributed by atoms with Crippen LogP contribution in [0.1, 0.15) is 142 Å². The van der Waals surface area contributed by atoms with Crippen LogP contribution in [-0.2, 0) is 27.9 Å². The molecule has 2 atom stereocenters. The van der Waals surface area contributed by atoms with E-state index in [1.165, 1.54) is 103 Å². The zero-order valence-corrected chi connectivity index (χ0v) is 26.4. The highest BCUT2D eigenvalue weighted by Gasteiger charge is 2.23. The molecule has 0 aromatic heterocycles. The third-order valence-electron chi connectivity index (χ3n) is 6.88. The van der Waals surface area contributed by atoms with E-state index in [0.29, 0.717) is 26.1 Å². The molecule has 0 aliphatic rings. The number of phosphoric acid groups is 1. The van der Waals surface area contributed by atoms with Gasteiger partial charge >= 0.3 is 13.8 Å². The minimum absolute atomic E-state index is 0.0790. The molecule has 0 heterocycles. The lowest BCUT2D eigenvalue weighted by molar-refractivity contribution is -0.137. The molecule has 0 radical (unpaired) electrons. The zero-order chi connectivity index (χ0) is 29.6. The van der Waals surface area contributed by atoms with Gasteiger partial charge in [-0.1, -0.05) is 116 Å². The number of hydrogen-bond donors (Lipinski definition) is 3. The van der Waals surface area contributed by atoms with Crippen LogP contribution in [-0.4, -0.2) is 61.7 Å². The molecule has 0 aliphatic carbocycles. The molecule has 0 amide bonds. The quantitative estimate of drug-likeness (QED) is 0.0513. The topological polar surface area (TPSA) is 138 Å². The highest BCUT2D eigenvalue weighted by molar-refractivity contribution is 7.47. The zero-order valence-electron chi connectivity index (χ0n) is 25.5. The van der Waals surface area contributed by atoms with Gasteiger partial charge in [0.1, 0.15) is 6.10 Å². The van der Waals surface area contributed by atoms with Crippen LogP contribution < -0.4 is 5.73 Å². The van der Waals surface area contributed by atoms with Gasteiger partial charge < -0.3 is 25.2 Å². The normalized spacial score (nSPS) is 13.9. The maximum atomic E-state index is 11.9. The minimum atomic E-state index is -4.19. The van der Waals surface area contributed by atoms with Gasteiger partial charge in [0.25, 0.3) is 0 Å². The molecule has 10 heteroatoms. The van der Waals surface area contributed by atoms with E-state index in [9.17, 15) is 14.3 Å². The Labute approximate surface area is 244 Å². The molecule has 0 spiro atoms. The lowest BCUT2D eigenvalue weighted by Gasteiger charge is -2.20. The average Bonchev–Trinajstić information content (AvgIpc) is 2.93. The van der Waals surface area contributed by atoms with E-state index in [4.69, 9.17) is 29.4 Å². The molecule has 0 saturated carbocycles. The van der Waals surface area contributed by atoms with Gasteiger partial charge in [-0.2, -0.15) is 0 Å². The second-order valence-electron chi connectivity index (χ2n) is 10.8. The molecule has 0 bridgehead atoms. The summed E-state index contributed by atoms with van der Waals surface area (Å²) in [7, 11) is -4.19. The Balaban J connectivity index is 3.73. The van der Waals surface area contributed by atoms with Gasteiger partial charge in [0, 0.05) is 26.2 Å². The van der Waals surface area contributed by atoms with Crippen molar-refractivity contribution < 1.29 is 37.9 Å². The van der Waals surface area contributed by atoms with Crippen molar-refractivity contribution in [2.45, 2.75) is 148 Å². The maximum Gasteiger partial charge on any atom is 0.472 e. The van der Waals surface area contributed by atoms with Crippen molar-refractivity contribution in [2.75, 3.05) is 39.6 Å². The highest BCUT2D eigenvalue weighted by Crippen LogP contribution is 2.43. The van der Waals surface area contributed by atoms with Crippen molar-refractivity contribution in [3.63, 3.8) is 0 Å². The Morgan fingerprint density at radius 2 is 1.15 bits per heavy atom. The predicted molar refractivity (Wildman–Crippen MR) is 162 cm³/mol. The Morgan fingerprint density at radius 3 is 1.62 bits per heavy atom. The first kappa shape index (κ1) is 39.5. The van der Waals surface area contributed by atoms with Crippen LogP contribution in [0, 0.1) is 0 Å². The van der Waals surface area contributed by atoms with Gasteiger partial charge in [-0.3, -0.25) is 13.8 Å². The Morgan fingerprint density at radius 1 is 0.675 bits per heavy atom. The SMILES string of the molecule is CCCCCCCCCCCCCCCCCCCCOCC(COP(=O)(O)OCCN)OCCCCC(=O)O. The largest absolute Gasteiger partial charge is 0.481 e. The number of aliphatic carboxylic acids is 1. The summed E-state index contributed by atoms with van der Waals surface area (Å²) in [5.74, 6) is -0.842. The predicted octanol–water partition coefficient (Wildman–Crippen LogP) is 7.78. The van der Waals surface area contributed by atoms with Crippen molar-refractivity contribution in [3.8, 4) is 0 Å². The second-order valence-corrected chi connectivity index (χ2v) is 12.3. The van der Waals surface area contributed by atoms with E-state index in [0.717, 1.165) is 12.8 Å². The third-order valence-corrected chi connectivity index (χ3v) is 7.86. The van der Waals surface area contributed by atoms with Crippen molar-refractivity contribution in [1.82, 2.24) is 0 Å². The highest BCUT2D eigenvalue weighted by atomic mass is 31.2. The summed E-state index contributed by atoms with van der Waals surface area (Å²) in [4.78, 5) is 20.3. The van der Waals surface area contributed by atoms with Crippen LogP contribution in [0.15, 0.2) is 0 Å². The van der Waals surface area contributed by atoms with Crippen LogP contribution >= 0.6 is 7.82 Å². The number of phosphoric ester groups is 1. The molecule has 0 aromatic rings. The molecule has 0 aromatic carbocycles. The standard InChI is InChI=1S/C30H62NO8P/c1-2-3-4-5-6-7-8-9-10-11-12-13-14-15-16-17-18-20-24-36-27-29(37-25-21-19-22-30(32)33)28-39-40(34,35)38-26-23-31/h29H,2-28,31H2,1H3,(H,32,33)(H,34,35). The summed E-state index contributed by atoms with van der Waals surface area (Å²) in [6.45, 7) is 3.30. The van der Waals surface area contributed by atoms with E-state index < -0.39 is 19.9 Å².